The molecule has 0 spiro atoms. The molecule has 48 heavy (non-hydrogen) atoms. The average molecular weight is 683 g/mol. The van der Waals surface area contributed by atoms with E-state index >= 15 is 0 Å². The summed E-state index contributed by atoms with van der Waals surface area (Å²) in [6.45, 7) is 4.73. The number of esters is 2. The number of carboxylic acid groups (broad SMARTS) is 1. The highest BCUT2D eigenvalue weighted by molar-refractivity contribution is 5.71. The molecule has 0 fully saturated rings. The summed E-state index contributed by atoms with van der Waals surface area (Å²) in [7, 11) is 5.93. The van der Waals surface area contributed by atoms with E-state index < -0.39 is 24.3 Å². The lowest BCUT2D eigenvalue weighted by Crippen LogP contribution is -2.40. The Balaban J connectivity index is 4.39. The Bertz CT molecular complexity index is 851. The maximum atomic E-state index is 12.6. The van der Waals surface area contributed by atoms with Gasteiger partial charge in [-0.25, -0.2) is 4.79 Å². The van der Waals surface area contributed by atoms with Crippen molar-refractivity contribution in [1.29, 1.82) is 0 Å². The molecule has 0 bridgehead atoms. The minimum atomic E-state index is -1.50. The standard InChI is InChI=1S/C39H71NO8/c1-6-8-10-12-13-14-15-16-17-18-19-20-21-22-23-24-26-28-30-37(42)48-35(33-46-36(41)29-27-25-11-9-7-2)34-47-39(38(43)44)45-32-31-40(3,4)5/h14-15,17-18,35,39H,6-13,16,19-34H2,1-5H3/p+1/b15-14-,18-17-. The summed E-state index contributed by atoms with van der Waals surface area (Å²) >= 11 is 0. The number of allylic oxidation sites excluding steroid dienone is 4. The van der Waals surface area contributed by atoms with Crippen LogP contribution in [0.15, 0.2) is 24.3 Å². The summed E-state index contributed by atoms with van der Waals surface area (Å²) in [5, 5.41) is 9.54. The summed E-state index contributed by atoms with van der Waals surface area (Å²) in [6.07, 6.45) is 28.5. The highest BCUT2D eigenvalue weighted by atomic mass is 16.7. The van der Waals surface area contributed by atoms with Gasteiger partial charge in [-0.15, -0.1) is 0 Å². The average Bonchev–Trinajstić information content (AvgIpc) is 3.03. The number of rotatable bonds is 34. The topological polar surface area (TPSA) is 108 Å². The van der Waals surface area contributed by atoms with E-state index in [2.05, 4.69) is 38.2 Å². The minimum Gasteiger partial charge on any atom is -0.477 e. The Hall–Kier alpha value is -2.23. The maximum absolute atomic E-state index is 12.6. The second-order valence-electron chi connectivity index (χ2n) is 13.9. The van der Waals surface area contributed by atoms with Crippen LogP contribution in [0.3, 0.4) is 0 Å². The zero-order valence-corrected chi connectivity index (χ0v) is 31.4. The van der Waals surface area contributed by atoms with Crippen molar-refractivity contribution in [2.45, 2.75) is 161 Å². The quantitative estimate of drug-likeness (QED) is 0.0236. The lowest BCUT2D eigenvalue weighted by atomic mass is 10.1. The number of quaternary nitrogens is 1. The minimum absolute atomic E-state index is 0.185. The highest BCUT2D eigenvalue weighted by Gasteiger charge is 2.25. The van der Waals surface area contributed by atoms with Crippen LogP contribution in [0.5, 0.6) is 0 Å². The van der Waals surface area contributed by atoms with Gasteiger partial charge >= 0.3 is 17.9 Å². The molecule has 2 unspecified atom stereocenters. The number of likely N-dealkylation sites (N-methyl/N-ethyl adjacent to an activating group) is 1. The molecule has 0 saturated heterocycles. The van der Waals surface area contributed by atoms with Crippen molar-refractivity contribution in [2.75, 3.05) is 47.5 Å². The van der Waals surface area contributed by atoms with Crippen LogP contribution >= 0.6 is 0 Å². The smallest absolute Gasteiger partial charge is 0.361 e. The molecule has 0 radical (unpaired) electrons. The summed E-state index contributed by atoms with van der Waals surface area (Å²) in [5.41, 5.74) is 0. The number of carbonyl (C=O) groups excluding carboxylic acids is 2. The van der Waals surface area contributed by atoms with Gasteiger partial charge in [0, 0.05) is 12.8 Å². The summed E-state index contributed by atoms with van der Waals surface area (Å²) in [4.78, 5) is 36.6. The zero-order chi connectivity index (χ0) is 35.7. The normalized spacial score (nSPS) is 13.3. The van der Waals surface area contributed by atoms with Crippen LogP contribution in [-0.4, -0.2) is 87.4 Å². The third-order valence-corrected chi connectivity index (χ3v) is 7.96. The van der Waals surface area contributed by atoms with Crippen LogP contribution in [0.25, 0.3) is 0 Å². The predicted molar refractivity (Wildman–Crippen MR) is 194 cm³/mol. The fourth-order valence-electron chi connectivity index (χ4n) is 4.92. The predicted octanol–water partition coefficient (Wildman–Crippen LogP) is 8.94. The van der Waals surface area contributed by atoms with E-state index in [-0.39, 0.29) is 32.2 Å². The first kappa shape index (κ1) is 45.8. The van der Waals surface area contributed by atoms with Gasteiger partial charge in [0.2, 0.25) is 0 Å². The second kappa shape index (κ2) is 32.0. The molecule has 0 amide bonds. The van der Waals surface area contributed by atoms with Crippen molar-refractivity contribution in [1.82, 2.24) is 0 Å². The van der Waals surface area contributed by atoms with E-state index in [1.807, 2.05) is 21.1 Å². The molecule has 0 aliphatic rings. The molecule has 0 saturated carbocycles. The molecular weight excluding hydrogens is 610 g/mol. The Labute approximate surface area is 293 Å². The first-order valence-corrected chi connectivity index (χ1v) is 19.0. The number of nitrogens with zero attached hydrogens (tertiary/aromatic N) is 1. The van der Waals surface area contributed by atoms with Crippen LogP contribution in [0.1, 0.15) is 149 Å². The van der Waals surface area contributed by atoms with Gasteiger partial charge in [0.1, 0.15) is 13.2 Å². The number of unbranched alkanes of at least 4 members (excludes halogenated alkanes) is 15. The fourth-order valence-corrected chi connectivity index (χ4v) is 4.92. The molecule has 0 aromatic heterocycles. The van der Waals surface area contributed by atoms with Crippen molar-refractivity contribution < 1.29 is 42.9 Å². The largest absolute Gasteiger partial charge is 0.477 e. The SMILES string of the molecule is CCCCCC/C=C\C/C=C\CCCCCCCCCC(=O)OC(COC(=O)CCCCCCC)COC(OCC[N+](C)(C)C)C(=O)O. The maximum Gasteiger partial charge on any atom is 0.361 e. The van der Waals surface area contributed by atoms with Crippen LogP contribution < -0.4 is 0 Å². The number of carbonyl (C=O) groups is 3. The Morgan fingerprint density at radius 3 is 1.67 bits per heavy atom. The van der Waals surface area contributed by atoms with Crippen molar-refractivity contribution in [3.05, 3.63) is 24.3 Å². The summed E-state index contributed by atoms with van der Waals surface area (Å²) in [6, 6.07) is 0. The van der Waals surface area contributed by atoms with Crippen molar-refractivity contribution in [3.63, 3.8) is 0 Å². The number of hydrogen-bond donors (Lipinski definition) is 1. The Kier molecular flexibility index (Phi) is 30.5. The van der Waals surface area contributed by atoms with E-state index in [0.717, 1.165) is 64.2 Å². The monoisotopic (exact) mass is 683 g/mol. The molecule has 2 atom stereocenters. The second-order valence-corrected chi connectivity index (χ2v) is 13.9. The van der Waals surface area contributed by atoms with E-state index in [9.17, 15) is 19.5 Å². The summed E-state index contributed by atoms with van der Waals surface area (Å²) < 4.78 is 22.5. The molecule has 0 heterocycles. The lowest BCUT2D eigenvalue weighted by molar-refractivity contribution is -0.870. The highest BCUT2D eigenvalue weighted by Crippen LogP contribution is 2.12. The van der Waals surface area contributed by atoms with Crippen molar-refractivity contribution >= 4 is 17.9 Å². The van der Waals surface area contributed by atoms with Gasteiger partial charge in [-0.05, 0) is 44.9 Å². The van der Waals surface area contributed by atoms with Crippen LogP contribution in [0.2, 0.25) is 0 Å². The molecule has 0 aliphatic heterocycles. The van der Waals surface area contributed by atoms with Gasteiger partial charge in [-0.1, -0.05) is 115 Å². The summed E-state index contributed by atoms with van der Waals surface area (Å²) in [5.74, 6) is -2.04. The molecule has 9 heteroatoms. The van der Waals surface area contributed by atoms with Gasteiger partial charge in [0.25, 0.3) is 6.29 Å². The molecule has 0 aromatic carbocycles. The Morgan fingerprint density at radius 2 is 1.12 bits per heavy atom. The third kappa shape index (κ3) is 32.3. The number of ether oxygens (including phenoxy) is 4. The molecule has 0 aromatic rings. The van der Waals surface area contributed by atoms with Crippen LogP contribution in [0.4, 0.5) is 0 Å². The zero-order valence-electron chi connectivity index (χ0n) is 31.4. The molecular formula is C39H72NO8+. The number of hydrogen-bond acceptors (Lipinski definition) is 7. The van der Waals surface area contributed by atoms with Crippen molar-refractivity contribution in [3.8, 4) is 0 Å². The van der Waals surface area contributed by atoms with E-state index in [0.29, 0.717) is 23.9 Å². The number of carboxylic acids is 1. The van der Waals surface area contributed by atoms with E-state index in [1.54, 1.807) is 0 Å². The lowest BCUT2D eigenvalue weighted by Gasteiger charge is -2.25. The Morgan fingerprint density at radius 1 is 0.625 bits per heavy atom. The molecule has 9 nitrogen and oxygen atoms in total. The van der Waals surface area contributed by atoms with Gasteiger partial charge in [0.05, 0.1) is 34.4 Å². The van der Waals surface area contributed by atoms with E-state index in [4.69, 9.17) is 18.9 Å². The van der Waals surface area contributed by atoms with Gasteiger partial charge in [0.15, 0.2) is 6.10 Å². The molecule has 0 aliphatic carbocycles. The van der Waals surface area contributed by atoms with Crippen LogP contribution in [0, 0.1) is 0 Å². The van der Waals surface area contributed by atoms with Gasteiger partial charge < -0.3 is 28.5 Å². The van der Waals surface area contributed by atoms with E-state index in [1.165, 1.54) is 51.4 Å². The van der Waals surface area contributed by atoms with Gasteiger partial charge in [-0.2, -0.15) is 0 Å². The fraction of sp³-hybridized carbons (Fsp3) is 0.821. The third-order valence-electron chi connectivity index (χ3n) is 7.96. The molecule has 0 rings (SSSR count). The molecule has 1 N–H and O–H groups in total. The first-order chi connectivity index (χ1) is 23.1. The van der Waals surface area contributed by atoms with Crippen molar-refractivity contribution in [2.24, 2.45) is 0 Å². The van der Waals surface area contributed by atoms with Gasteiger partial charge in [-0.3, -0.25) is 9.59 Å². The van der Waals surface area contributed by atoms with Crippen LogP contribution in [-0.2, 0) is 33.3 Å². The first-order valence-electron chi connectivity index (χ1n) is 19.0. The number of aliphatic carboxylic acids is 1. The molecule has 280 valence electrons.